The molecule has 1 saturated heterocycles. The van der Waals surface area contributed by atoms with Crippen LogP contribution in [0.5, 0.6) is 0 Å². The number of carbonyl (C=O) groups is 2. The molecule has 6 nitrogen and oxygen atoms in total. The van der Waals surface area contributed by atoms with Crippen molar-refractivity contribution in [3.63, 3.8) is 0 Å². The van der Waals surface area contributed by atoms with Gasteiger partial charge in [0.25, 0.3) is 5.91 Å². The highest BCUT2D eigenvalue weighted by Gasteiger charge is 2.48. The Morgan fingerprint density at radius 2 is 2.05 bits per heavy atom. The summed E-state index contributed by atoms with van der Waals surface area (Å²) in [6.07, 6.45) is 4.74. The van der Waals surface area contributed by atoms with Gasteiger partial charge in [0.2, 0.25) is 0 Å². The van der Waals surface area contributed by atoms with Gasteiger partial charge in [-0.1, -0.05) is 12.8 Å². The minimum absolute atomic E-state index is 0.0718. The summed E-state index contributed by atoms with van der Waals surface area (Å²) in [7, 11) is 1.73. The number of fused-ring (bicyclic) bond motifs is 1. The Bertz CT molecular complexity index is 581. The molecule has 0 radical (unpaired) electrons. The van der Waals surface area contributed by atoms with Gasteiger partial charge < -0.3 is 10.0 Å². The Labute approximate surface area is 123 Å². The number of carboxylic acid groups (broad SMARTS) is 1. The number of hydrogen-bond donors (Lipinski definition) is 1. The van der Waals surface area contributed by atoms with Crippen molar-refractivity contribution in [2.45, 2.75) is 51.1 Å². The fourth-order valence-corrected chi connectivity index (χ4v) is 3.92. The Balaban J connectivity index is 1.94. The number of carboxylic acids is 1. The molecule has 3 atom stereocenters. The van der Waals surface area contributed by atoms with Crippen LogP contribution in [0.3, 0.4) is 0 Å². The summed E-state index contributed by atoms with van der Waals surface area (Å²) in [4.78, 5) is 26.0. The van der Waals surface area contributed by atoms with Crippen LogP contribution in [-0.2, 0) is 11.8 Å². The molecular weight excluding hydrogens is 270 g/mol. The molecule has 3 rings (SSSR count). The summed E-state index contributed by atoms with van der Waals surface area (Å²) in [5, 5.41) is 13.7. The third-order valence-electron chi connectivity index (χ3n) is 4.83. The summed E-state index contributed by atoms with van der Waals surface area (Å²) >= 11 is 0. The zero-order valence-electron chi connectivity index (χ0n) is 12.5. The molecule has 1 aliphatic heterocycles. The molecule has 1 aliphatic carbocycles. The highest BCUT2D eigenvalue weighted by molar-refractivity contribution is 5.96. The van der Waals surface area contributed by atoms with E-state index in [4.69, 9.17) is 0 Å². The second-order valence-electron chi connectivity index (χ2n) is 6.21. The van der Waals surface area contributed by atoms with E-state index in [-0.39, 0.29) is 11.9 Å². The van der Waals surface area contributed by atoms with Gasteiger partial charge in [-0.2, -0.15) is 5.10 Å². The van der Waals surface area contributed by atoms with E-state index in [9.17, 15) is 14.7 Å². The monoisotopic (exact) mass is 291 g/mol. The quantitative estimate of drug-likeness (QED) is 0.897. The van der Waals surface area contributed by atoms with Gasteiger partial charge in [-0.3, -0.25) is 9.48 Å². The van der Waals surface area contributed by atoms with Crippen LogP contribution in [0, 0.1) is 12.8 Å². The summed E-state index contributed by atoms with van der Waals surface area (Å²) in [5.41, 5.74) is 1.25. The molecule has 2 aliphatic rings. The third kappa shape index (κ3) is 2.32. The topological polar surface area (TPSA) is 75.4 Å². The van der Waals surface area contributed by atoms with Crippen LogP contribution in [0.2, 0.25) is 0 Å². The highest BCUT2D eigenvalue weighted by atomic mass is 16.4. The van der Waals surface area contributed by atoms with Crippen LogP contribution in [0.25, 0.3) is 0 Å². The predicted octanol–water partition coefficient (Wildman–Crippen LogP) is 1.59. The molecule has 1 aromatic heterocycles. The van der Waals surface area contributed by atoms with E-state index < -0.39 is 12.0 Å². The molecule has 1 aromatic rings. The fraction of sp³-hybridized carbons (Fsp3) is 0.667. The van der Waals surface area contributed by atoms with Gasteiger partial charge in [-0.25, -0.2) is 4.79 Å². The SMILES string of the molecule is Cc1cc(C(=O)N2[C@H](C(=O)O)C[C@@H]3CCCC[C@@H]32)n(C)n1. The van der Waals surface area contributed by atoms with Crippen molar-refractivity contribution in [1.82, 2.24) is 14.7 Å². The first-order valence-corrected chi connectivity index (χ1v) is 7.55. The molecule has 0 unspecified atom stereocenters. The van der Waals surface area contributed by atoms with Gasteiger partial charge in [-0.15, -0.1) is 0 Å². The van der Waals surface area contributed by atoms with Gasteiger partial charge in [0.15, 0.2) is 0 Å². The Morgan fingerprint density at radius 1 is 1.33 bits per heavy atom. The van der Waals surface area contributed by atoms with Crippen LogP contribution in [0.15, 0.2) is 6.07 Å². The smallest absolute Gasteiger partial charge is 0.326 e. The molecule has 6 heteroatoms. The summed E-state index contributed by atoms with van der Waals surface area (Å²) in [6.45, 7) is 1.83. The molecule has 1 saturated carbocycles. The van der Waals surface area contributed by atoms with Gasteiger partial charge in [0.1, 0.15) is 11.7 Å². The molecule has 21 heavy (non-hydrogen) atoms. The van der Waals surface area contributed by atoms with E-state index in [1.165, 1.54) is 0 Å². The first-order chi connectivity index (χ1) is 9.99. The van der Waals surface area contributed by atoms with E-state index in [0.29, 0.717) is 18.0 Å². The molecule has 0 spiro atoms. The van der Waals surface area contributed by atoms with Crippen molar-refractivity contribution in [2.75, 3.05) is 0 Å². The predicted molar refractivity (Wildman–Crippen MR) is 75.9 cm³/mol. The Kier molecular flexibility index (Phi) is 3.47. The molecule has 2 fully saturated rings. The van der Waals surface area contributed by atoms with E-state index in [1.54, 1.807) is 22.7 Å². The van der Waals surface area contributed by atoms with Crippen LogP contribution < -0.4 is 0 Å². The number of aromatic nitrogens is 2. The lowest BCUT2D eigenvalue weighted by Gasteiger charge is -2.32. The molecule has 0 bridgehead atoms. The van der Waals surface area contributed by atoms with Crippen molar-refractivity contribution in [2.24, 2.45) is 13.0 Å². The van der Waals surface area contributed by atoms with Crippen LogP contribution in [0.1, 0.15) is 48.3 Å². The average Bonchev–Trinajstić information content (AvgIpc) is 2.98. The Morgan fingerprint density at radius 3 is 2.67 bits per heavy atom. The number of likely N-dealkylation sites (tertiary alicyclic amines) is 1. The fourth-order valence-electron chi connectivity index (χ4n) is 3.92. The maximum absolute atomic E-state index is 12.9. The third-order valence-corrected chi connectivity index (χ3v) is 4.83. The van der Waals surface area contributed by atoms with Gasteiger partial charge in [0.05, 0.1) is 5.69 Å². The number of amides is 1. The first kappa shape index (κ1) is 14.1. The van der Waals surface area contributed by atoms with Gasteiger partial charge in [-0.05, 0) is 38.2 Å². The first-order valence-electron chi connectivity index (χ1n) is 7.55. The van der Waals surface area contributed by atoms with E-state index in [2.05, 4.69) is 5.10 Å². The molecule has 2 heterocycles. The average molecular weight is 291 g/mol. The van der Waals surface area contributed by atoms with Crippen molar-refractivity contribution in [3.8, 4) is 0 Å². The molecule has 1 amide bonds. The Hall–Kier alpha value is -1.85. The standard InChI is InChI=1S/C15H21N3O3/c1-9-7-12(17(2)16-9)14(19)18-11-6-4-3-5-10(11)8-13(18)15(20)21/h7,10-11,13H,3-6,8H2,1-2H3,(H,20,21)/t10-,11-,13-/m0/s1. The number of rotatable bonds is 2. The molecule has 1 N–H and O–H groups in total. The lowest BCUT2D eigenvalue weighted by Crippen LogP contribution is -2.46. The maximum Gasteiger partial charge on any atom is 0.326 e. The largest absolute Gasteiger partial charge is 0.480 e. The minimum atomic E-state index is -0.892. The highest BCUT2D eigenvalue weighted by Crippen LogP contribution is 2.40. The zero-order valence-corrected chi connectivity index (χ0v) is 12.5. The second-order valence-corrected chi connectivity index (χ2v) is 6.21. The van der Waals surface area contributed by atoms with Crippen LogP contribution in [0.4, 0.5) is 0 Å². The van der Waals surface area contributed by atoms with E-state index in [0.717, 1.165) is 31.4 Å². The zero-order chi connectivity index (χ0) is 15.1. The summed E-state index contributed by atoms with van der Waals surface area (Å²) in [6, 6.07) is 1.11. The number of aliphatic carboxylic acids is 1. The lowest BCUT2D eigenvalue weighted by atomic mass is 9.84. The number of hydrogen-bond acceptors (Lipinski definition) is 3. The van der Waals surface area contributed by atoms with Crippen LogP contribution in [-0.4, -0.2) is 43.7 Å². The van der Waals surface area contributed by atoms with Gasteiger partial charge >= 0.3 is 5.97 Å². The molecule has 0 aromatic carbocycles. The minimum Gasteiger partial charge on any atom is -0.480 e. The van der Waals surface area contributed by atoms with Crippen molar-refractivity contribution in [1.29, 1.82) is 0 Å². The van der Waals surface area contributed by atoms with Crippen molar-refractivity contribution < 1.29 is 14.7 Å². The van der Waals surface area contributed by atoms with E-state index >= 15 is 0 Å². The second kappa shape index (κ2) is 5.16. The van der Waals surface area contributed by atoms with Crippen molar-refractivity contribution in [3.05, 3.63) is 17.5 Å². The summed E-state index contributed by atoms with van der Waals surface area (Å²) < 4.78 is 1.55. The molecule has 114 valence electrons. The van der Waals surface area contributed by atoms with Crippen LogP contribution >= 0.6 is 0 Å². The number of aryl methyl sites for hydroxylation is 2. The van der Waals surface area contributed by atoms with E-state index in [1.807, 2.05) is 6.92 Å². The van der Waals surface area contributed by atoms with Gasteiger partial charge in [0, 0.05) is 13.1 Å². The number of nitrogens with zero attached hydrogens (tertiary/aromatic N) is 3. The lowest BCUT2D eigenvalue weighted by molar-refractivity contribution is -0.141. The summed E-state index contributed by atoms with van der Waals surface area (Å²) in [5.74, 6) is -0.755. The number of carbonyl (C=O) groups excluding carboxylic acids is 1. The molecular formula is C15H21N3O3. The van der Waals surface area contributed by atoms with Crippen molar-refractivity contribution >= 4 is 11.9 Å². The normalized spacial score (nSPS) is 28.5. The maximum atomic E-state index is 12.9.